The standard InChI is InChI=1S/C22H30N4O2/c1-15(2)12-19(25-21(27)18-9-5-4-8-16(18)3)22(28)23-13-17-14-26-11-7-6-10-20(26)24-17/h4-5,8-9,14-15,19H,6-7,10-13H2,1-3H3,(H,23,28)(H,25,27). The minimum absolute atomic E-state index is 0.165. The van der Waals surface area contributed by atoms with Crippen LogP contribution in [0.25, 0.3) is 0 Å². The number of benzene rings is 1. The molecule has 2 heterocycles. The Hall–Kier alpha value is -2.63. The molecule has 0 saturated heterocycles. The van der Waals surface area contributed by atoms with Crippen LogP contribution in [0.4, 0.5) is 0 Å². The number of carbonyl (C=O) groups is 2. The van der Waals surface area contributed by atoms with Crippen LogP contribution >= 0.6 is 0 Å². The molecule has 2 amide bonds. The summed E-state index contributed by atoms with van der Waals surface area (Å²) in [6, 6.07) is 6.84. The van der Waals surface area contributed by atoms with E-state index in [4.69, 9.17) is 0 Å². The second-order valence-electron chi connectivity index (χ2n) is 7.99. The highest BCUT2D eigenvalue weighted by Gasteiger charge is 2.23. The van der Waals surface area contributed by atoms with Gasteiger partial charge in [0.05, 0.1) is 12.2 Å². The first-order valence-electron chi connectivity index (χ1n) is 10.1. The summed E-state index contributed by atoms with van der Waals surface area (Å²) in [6.45, 7) is 7.37. The third-order valence-electron chi connectivity index (χ3n) is 5.12. The molecule has 0 aliphatic carbocycles. The lowest BCUT2D eigenvalue weighted by Gasteiger charge is -2.20. The van der Waals surface area contributed by atoms with Gasteiger partial charge in [0.1, 0.15) is 11.9 Å². The van der Waals surface area contributed by atoms with E-state index in [9.17, 15) is 9.59 Å². The number of nitrogens with one attached hydrogen (secondary N) is 2. The summed E-state index contributed by atoms with van der Waals surface area (Å²) in [4.78, 5) is 30.1. The van der Waals surface area contributed by atoms with E-state index in [1.165, 1.54) is 12.8 Å². The number of fused-ring (bicyclic) bond motifs is 1. The highest BCUT2D eigenvalue weighted by atomic mass is 16.2. The summed E-state index contributed by atoms with van der Waals surface area (Å²) in [7, 11) is 0. The quantitative estimate of drug-likeness (QED) is 0.773. The maximum atomic E-state index is 12.8. The number of imidazole rings is 1. The van der Waals surface area contributed by atoms with Crippen LogP contribution in [0.5, 0.6) is 0 Å². The van der Waals surface area contributed by atoms with Crippen molar-refractivity contribution < 1.29 is 9.59 Å². The Labute approximate surface area is 166 Å². The molecule has 0 radical (unpaired) electrons. The molecular weight excluding hydrogens is 352 g/mol. The Morgan fingerprint density at radius 3 is 2.71 bits per heavy atom. The summed E-state index contributed by atoms with van der Waals surface area (Å²) in [5.74, 6) is 1.01. The molecule has 6 nitrogen and oxygen atoms in total. The van der Waals surface area contributed by atoms with Gasteiger partial charge in [-0.3, -0.25) is 9.59 Å². The minimum Gasteiger partial charge on any atom is -0.349 e. The van der Waals surface area contributed by atoms with Crippen molar-refractivity contribution in [3.63, 3.8) is 0 Å². The summed E-state index contributed by atoms with van der Waals surface area (Å²) < 4.78 is 2.18. The van der Waals surface area contributed by atoms with Crippen molar-refractivity contribution in [1.82, 2.24) is 20.2 Å². The Morgan fingerprint density at radius 1 is 1.21 bits per heavy atom. The van der Waals surface area contributed by atoms with Gasteiger partial charge >= 0.3 is 0 Å². The normalized spacial score (nSPS) is 14.4. The predicted octanol–water partition coefficient (Wildman–Crippen LogP) is 2.99. The smallest absolute Gasteiger partial charge is 0.252 e. The zero-order chi connectivity index (χ0) is 20.1. The van der Waals surface area contributed by atoms with E-state index in [1.807, 2.05) is 45.2 Å². The number of carbonyl (C=O) groups excluding carboxylic acids is 2. The molecule has 1 aliphatic rings. The number of aromatic nitrogens is 2. The lowest BCUT2D eigenvalue weighted by atomic mass is 10.0. The molecule has 0 spiro atoms. The van der Waals surface area contributed by atoms with Crippen LogP contribution in [-0.2, 0) is 24.3 Å². The van der Waals surface area contributed by atoms with Crippen LogP contribution in [0.15, 0.2) is 30.5 Å². The predicted molar refractivity (Wildman–Crippen MR) is 109 cm³/mol. The van der Waals surface area contributed by atoms with E-state index in [2.05, 4.69) is 20.2 Å². The number of nitrogens with zero attached hydrogens (tertiary/aromatic N) is 2. The van der Waals surface area contributed by atoms with Crippen molar-refractivity contribution in [1.29, 1.82) is 0 Å². The fourth-order valence-corrected chi connectivity index (χ4v) is 3.62. The summed E-state index contributed by atoms with van der Waals surface area (Å²) >= 11 is 0. The van der Waals surface area contributed by atoms with Gasteiger partial charge in [0.2, 0.25) is 5.91 Å². The first-order valence-corrected chi connectivity index (χ1v) is 10.1. The molecule has 0 saturated carbocycles. The molecule has 1 aromatic carbocycles. The molecule has 28 heavy (non-hydrogen) atoms. The number of hydrogen-bond acceptors (Lipinski definition) is 3. The van der Waals surface area contributed by atoms with E-state index in [0.29, 0.717) is 18.5 Å². The molecule has 1 atom stereocenters. The Kier molecular flexibility index (Phi) is 6.49. The SMILES string of the molecule is Cc1ccccc1C(=O)NC(CC(C)C)C(=O)NCc1cn2c(n1)CCCC2. The highest BCUT2D eigenvalue weighted by molar-refractivity contribution is 5.98. The molecule has 3 rings (SSSR count). The van der Waals surface area contributed by atoms with Crippen LogP contribution < -0.4 is 10.6 Å². The molecular formula is C22H30N4O2. The van der Waals surface area contributed by atoms with E-state index < -0.39 is 6.04 Å². The molecule has 1 aliphatic heterocycles. The van der Waals surface area contributed by atoms with Crippen LogP contribution in [0.2, 0.25) is 0 Å². The van der Waals surface area contributed by atoms with Gasteiger partial charge in [0, 0.05) is 24.7 Å². The number of aryl methyl sites for hydroxylation is 3. The number of hydrogen-bond donors (Lipinski definition) is 2. The molecule has 1 aromatic heterocycles. The van der Waals surface area contributed by atoms with E-state index in [0.717, 1.165) is 30.0 Å². The van der Waals surface area contributed by atoms with Crippen molar-refractivity contribution in [2.45, 2.75) is 65.6 Å². The molecule has 1 unspecified atom stereocenters. The monoisotopic (exact) mass is 382 g/mol. The van der Waals surface area contributed by atoms with E-state index in [1.54, 1.807) is 6.07 Å². The van der Waals surface area contributed by atoms with Crippen LogP contribution in [-0.4, -0.2) is 27.4 Å². The van der Waals surface area contributed by atoms with Crippen LogP contribution in [0, 0.1) is 12.8 Å². The average Bonchev–Trinajstić information content (AvgIpc) is 3.08. The third kappa shape index (κ3) is 5.00. The molecule has 150 valence electrons. The lowest BCUT2D eigenvalue weighted by molar-refractivity contribution is -0.123. The van der Waals surface area contributed by atoms with Gasteiger partial charge in [-0.25, -0.2) is 4.98 Å². The minimum atomic E-state index is -0.565. The molecule has 6 heteroatoms. The van der Waals surface area contributed by atoms with Gasteiger partial charge in [0.25, 0.3) is 5.91 Å². The highest BCUT2D eigenvalue weighted by Crippen LogP contribution is 2.15. The van der Waals surface area contributed by atoms with E-state index >= 15 is 0 Å². The van der Waals surface area contributed by atoms with Gasteiger partial charge in [-0.1, -0.05) is 32.0 Å². The number of amides is 2. The van der Waals surface area contributed by atoms with Crippen molar-refractivity contribution in [2.24, 2.45) is 5.92 Å². The lowest BCUT2D eigenvalue weighted by Crippen LogP contribution is -2.47. The maximum Gasteiger partial charge on any atom is 0.252 e. The maximum absolute atomic E-state index is 12.8. The first-order chi connectivity index (χ1) is 13.4. The zero-order valence-electron chi connectivity index (χ0n) is 17.0. The van der Waals surface area contributed by atoms with E-state index in [-0.39, 0.29) is 17.7 Å². The summed E-state index contributed by atoms with van der Waals surface area (Å²) in [6.07, 6.45) is 5.96. The fourth-order valence-electron chi connectivity index (χ4n) is 3.62. The summed E-state index contributed by atoms with van der Waals surface area (Å²) in [5.41, 5.74) is 2.37. The average molecular weight is 383 g/mol. The van der Waals surface area contributed by atoms with Gasteiger partial charge in [-0.15, -0.1) is 0 Å². The molecule has 2 N–H and O–H groups in total. The third-order valence-corrected chi connectivity index (χ3v) is 5.12. The van der Waals surface area contributed by atoms with Gasteiger partial charge in [0.15, 0.2) is 0 Å². The topological polar surface area (TPSA) is 76.0 Å². The fraction of sp³-hybridized carbons (Fsp3) is 0.500. The Balaban J connectivity index is 1.63. The van der Waals surface area contributed by atoms with Crippen molar-refractivity contribution >= 4 is 11.8 Å². The Bertz CT molecular complexity index is 817. The van der Waals surface area contributed by atoms with Crippen LogP contribution in [0.1, 0.15) is 60.5 Å². The van der Waals surface area contributed by atoms with Crippen LogP contribution in [0.3, 0.4) is 0 Å². The number of rotatable bonds is 7. The molecule has 2 aromatic rings. The Morgan fingerprint density at radius 2 is 2.00 bits per heavy atom. The molecule has 0 bridgehead atoms. The molecule has 0 fully saturated rings. The zero-order valence-corrected chi connectivity index (χ0v) is 17.0. The van der Waals surface area contributed by atoms with Crippen molar-refractivity contribution in [3.05, 3.63) is 53.1 Å². The van der Waals surface area contributed by atoms with Gasteiger partial charge in [-0.2, -0.15) is 0 Å². The van der Waals surface area contributed by atoms with Gasteiger partial charge < -0.3 is 15.2 Å². The summed E-state index contributed by atoms with van der Waals surface area (Å²) in [5, 5.41) is 5.87. The second-order valence-corrected chi connectivity index (χ2v) is 7.99. The largest absolute Gasteiger partial charge is 0.349 e. The first kappa shape index (κ1) is 20.1. The second kappa shape index (κ2) is 9.04. The van der Waals surface area contributed by atoms with Crippen molar-refractivity contribution in [3.8, 4) is 0 Å². The van der Waals surface area contributed by atoms with Gasteiger partial charge in [-0.05, 0) is 43.7 Å². The van der Waals surface area contributed by atoms with Crippen molar-refractivity contribution in [2.75, 3.05) is 0 Å².